The van der Waals surface area contributed by atoms with Crippen LogP contribution in [0.15, 0.2) is 0 Å². The van der Waals surface area contributed by atoms with Crippen molar-refractivity contribution < 1.29 is 17.4 Å². The van der Waals surface area contributed by atoms with Crippen molar-refractivity contribution in [1.29, 1.82) is 0 Å². The van der Waals surface area contributed by atoms with Gasteiger partial charge in [-0.15, -0.1) is 0 Å². The number of nitrogens with one attached hydrogen (secondary N) is 1. The zero-order valence-electron chi connectivity index (χ0n) is 9.16. The van der Waals surface area contributed by atoms with Crippen LogP contribution in [0.5, 0.6) is 0 Å². The Morgan fingerprint density at radius 1 is 1.31 bits per heavy atom. The van der Waals surface area contributed by atoms with Crippen LogP contribution in [0.25, 0.3) is 0 Å². The van der Waals surface area contributed by atoms with E-state index in [1.165, 1.54) is 0 Å². The lowest BCUT2D eigenvalue weighted by Crippen LogP contribution is -2.22. The van der Waals surface area contributed by atoms with E-state index in [1.807, 2.05) is 0 Å². The predicted octanol–water partition coefficient (Wildman–Crippen LogP) is -0.504. The van der Waals surface area contributed by atoms with E-state index in [2.05, 4.69) is 33.2 Å². The molecule has 0 aliphatic heterocycles. The van der Waals surface area contributed by atoms with Crippen LogP contribution < -0.4 is 5.32 Å². The molecule has 16 heavy (non-hydrogen) atoms. The van der Waals surface area contributed by atoms with E-state index >= 15 is 0 Å². The van der Waals surface area contributed by atoms with Crippen molar-refractivity contribution in [2.45, 2.75) is 13.3 Å². The highest BCUT2D eigenvalue weighted by Gasteiger charge is 1.96. The summed E-state index contributed by atoms with van der Waals surface area (Å²) in [4.78, 5) is 10.8. The molecule has 0 atom stereocenters. The fourth-order valence-corrected chi connectivity index (χ4v) is 0.846. The Morgan fingerprint density at radius 3 is 2.50 bits per heavy atom. The van der Waals surface area contributed by atoms with E-state index in [-0.39, 0.29) is 19.1 Å². The van der Waals surface area contributed by atoms with Crippen molar-refractivity contribution in [1.82, 2.24) is 5.32 Å². The Morgan fingerprint density at radius 2 is 1.94 bits per heavy atom. The van der Waals surface area contributed by atoms with Crippen LogP contribution in [0.4, 0.5) is 0 Å². The standard InChI is InChI=1S/C10H13NO4S/c1-3-10(12)11-8-6-4-5-7-9-15-16(2,13)14/h3,8-9H2,1-2H3,(H,11,12). The summed E-state index contributed by atoms with van der Waals surface area (Å²) in [7, 11) is -3.44. The lowest BCUT2D eigenvalue weighted by atomic mass is 10.4. The van der Waals surface area contributed by atoms with Gasteiger partial charge in [-0.3, -0.25) is 8.98 Å². The summed E-state index contributed by atoms with van der Waals surface area (Å²) >= 11 is 0. The van der Waals surface area contributed by atoms with Gasteiger partial charge >= 0.3 is 0 Å². The third-order valence-electron chi connectivity index (χ3n) is 1.28. The molecule has 0 aliphatic carbocycles. The largest absolute Gasteiger partial charge is 0.345 e. The number of amides is 1. The molecule has 0 spiro atoms. The lowest BCUT2D eigenvalue weighted by molar-refractivity contribution is -0.120. The molecular weight excluding hydrogens is 230 g/mol. The molecule has 0 aromatic heterocycles. The molecule has 5 nitrogen and oxygen atoms in total. The zero-order valence-corrected chi connectivity index (χ0v) is 9.98. The average Bonchev–Trinajstić information content (AvgIpc) is 2.20. The van der Waals surface area contributed by atoms with Crippen molar-refractivity contribution in [3.63, 3.8) is 0 Å². The molecule has 6 heteroatoms. The molecule has 0 fully saturated rings. The number of hydrogen-bond acceptors (Lipinski definition) is 4. The molecule has 0 saturated carbocycles. The Kier molecular flexibility index (Phi) is 7.02. The van der Waals surface area contributed by atoms with E-state index in [0.717, 1.165) is 6.26 Å². The van der Waals surface area contributed by atoms with Gasteiger partial charge < -0.3 is 5.32 Å². The third-order valence-corrected chi connectivity index (χ3v) is 1.83. The first kappa shape index (κ1) is 14.5. The van der Waals surface area contributed by atoms with Gasteiger partial charge in [0.2, 0.25) is 5.91 Å². The van der Waals surface area contributed by atoms with Crippen molar-refractivity contribution in [3.05, 3.63) is 0 Å². The molecule has 0 bridgehead atoms. The van der Waals surface area contributed by atoms with Crippen LogP contribution >= 0.6 is 0 Å². The van der Waals surface area contributed by atoms with Gasteiger partial charge in [0.15, 0.2) is 0 Å². The third kappa shape index (κ3) is 10.6. The second kappa shape index (κ2) is 7.75. The minimum absolute atomic E-state index is 0.0809. The van der Waals surface area contributed by atoms with Gasteiger partial charge in [-0.25, -0.2) is 0 Å². The summed E-state index contributed by atoms with van der Waals surface area (Å²) in [5, 5.41) is 2.54. The fraction of sp³-hybridized carbons (Fsp3) is 0.500. The quantitative estimate of drug-likeness (QED) is 0.533. The fourth-order valence-electron chi connectivity index (χ4n) is 0.573. The van der Waals surface area contributed by atoms with Crippen LogP contribution in [-0.2, 0) is 19.1 Å². The van der Waals surface area contributed by atoms with E-state index in [0.29, 0.717) is 6.42 Å². The zero-order chi connectivity index (χ0) is 12.4. The van der Waals surface area contributed by atoms with Crippen molar-refractivity contribution in [2.75, 3.05) is 19.4 Å². The van der Waals surface area contributed by atoms with Gasteiger partial charge in [-0.1, -0.05) is 18.8 Å². The Hall–Kier alpha value is -1.50. The van der Waals surface area contributed by atoms with Crippen LogP contribution in [0, 0.1) is 23.7 Å². The summed E-state index contributed by atoms with van der Waals surface area (Å²) in [6.45, 7) is 1.76. The first-order valence-corrected chi connectivity index (χ1v) is 6.34. The van der Waals surface area contributed by atoms with E-state index in [9.17, 15) is 13.2 Å². The van der Waals surface area contributed by atoms with Crippen molar-refractivity contribution in [3.8, 4) is 23.7 Å². The van der Waals surface area contributed by atoms with Gasteiger partial charge in [0.05, 0.1) is 12.8 Å². The van der Waals surface area contributed by atoms with Gasteiger partial charge in [0.25, 0.3) is 10.1 Å². The van der Waals surface area contributed by atoms with Crippen molar-refractivity contribution >= 4 is 16.0 Å². The molecular formula is C10H13NO4S. The summed E-state index contributed by atoms with van der Waals surface area (Å²) in [5.74, 6) is 9.76. The normalized spacial score (nSPS) is 9.38. The molecule has 0 saturated heterocycles. The van der Waals surface area contributed by atoms with Crippen LogP contribution in [0.3, 0.4) is 0 Å². The molecule has 0 aliphatic rings. The van der Waals surface area contributed by atoms with E-state index in [1.54, 1.807) is 6.92 Å². The van der Waals surface area contributed by atoms with Crippen LogP contribution in [0.1, 0.15) is 13.3 Å². The molecule has 88 valence electrons. The monoisotopic (exact) mass is 243 g/mol. The number of hydrogen-bond donors (Lipinski definition) is 1. The SMILES string of the molecule is CCC(=O)NCC#CC#CCOS(C)(=O)=O. The Labute approximate surface area is 95.7 Å². The van der Waals surface area contributed by atoms with Crippen molar-refractivity contribution in [2.24, 2.45) is 0 Å². The maximum atomic E-state index is 10.8. The lowest BCUT2D eigenvalue weighted by Gasteiger charge is -1.93. The highest BCUT2D eigenvalue weighted by molar-refractivity contribution is 7.85. The highest BCUT2D eigenvalue weighted by atomic mass is 32.2. The summed E-state index contributed by atoms with van der Waals surface area (Å²) in [5.41, 5.74) is 0. The molecule has 0 heterocycles. The van der Waals surface area contributed by atoms with Crippen LogP contribution in [0.2, 0.25) is 0 Å². The maximum Gasteiger partial charge on any atom is 0.265 e. The first-order chi connectivity index (χ1) is 7.45. The number of carbonyl (C=O) groups excluding carboxylic acids is 1. The number of carbonyl (C=O) groups is 1. The minimum Gasteiger partial charge on any atom is -0.345 e. The highest BCUT2D eigenvalue weighted by Crippen LogP contribution is 1.82. The van der Waals surface area contributed by atoms with Gasteiger partial charge in [0.1, 0.15) is 6.61 Å². The first-order valence-electron chi connectivity index (χ1n) is 4.52. The second-order valence-corrected chi connectivity index (χ2v) is 4.34. The average molecular weight is 243 g/mol. The van der Waals surface area contributed by atoms with Crippen LogP contribution in [-0.4, -0.2) is 33.7 Å². The predicted molar refractivity (Wildman–Crippen MR) is 59.6 cm³/mol. The number of rotatable bonds is 4. The van der Waals surface area contributed by atoms with Gasteiger partial charge in [-0.05, 0) is 11.8 Å². The molecule has 0 aromatic carbocycles. The molecule has 1 N–H and O–H groups in total. The molecule has 0 aromatic rings. The molecule has 0 unspecified atom stereocenters. The van der Waals surface area contributed by atoms with Gasteiger partial charge in [0, 0.05) is 6.42 Å². The topological polar surface area (TPSA) is 72.5 Å². The molecule has 1 amide bonds. The summed E-state index contributed by atoms with van der Waals surface area (Å²) in [6.07, 6.45) is 1.36. The summed E-state index contributed by atoms with van der Waals surface area (Å²) < 4.78 is 25.4. The molecule has 0 rings (SSSR count). The molecule has 0 radical (unpaired) electrons. The Balaban J connectivity index is 3.76. The van der Waals surface area contributed by atoms with Gasteiger partial charge in [-0.2, -0.15) is 8.42 Å². The Bertz CT molecular complexity index is 445. The van der Waals surface area contributed by atoms with E-state index in [4.69, 9.17) is 0 Å². The second-order valence-electron chi connectivity index (χ2n) is 2.70. The smallest absolute Gasteiger partial charge is 0.265 e. The maximum absolute atomic E-state index is 10.8. The minimum atomic E-state index is -3.44. The van der Waals surface area contributed by atoms with E-state index < -0.39 is 10.1 Å². The summed E-state index contributed by atoms with van der Waals surface area (Å²) in [6, 6.07) is 0.